The molecule has 0 nitrogen and oxygen atoms in total. The van der Waals surface area contributed by atoms with Crippen molar-refractivity contribution >= 4 is 6.48 Å². The SMILES string of the molecule is CC(C)(C)c1ccc2c(c1)-c1cc(C(C)(C)C)c[c]([Zr+2]([C]3=CC(C45CC6CC(CC(C6)C4)C5)=CC3)=[C](c3ccccc3)c3ccccc3)c1C2.[Cl-].[Cl-]. The second kappa shape index (κ2) is 14.1. The van der Waals surface area contributed by atoms with Gasteiger partial charge in [0.15, 0.2) is 0 Å². The summed E-state index contributed by atoms with van der Waals surface area (Å²) < 4.78 is 5.16. The van der Waals surface area contributed by atoms with E-state index in [9.17, 15) is 0 Å². The summed E-state index contributed by atoms with van der Waals surface area (Å²) in [4.78, 5) is 0. The van der Waals surface area contributed by atoms with Crippen molar-refractivity contribution < 1.29 is 46.1 Å². The molecule has 3 heteroatoms. The van der Waals surface area contributed by atoms with E-state index in [0.29, 0.717) is 5.41 Å². The number of hydrogen-bond donors (Lipinski definition) is 0. The van der Waals surface area contributed by atoms with E-state index in [2.05, 4.69) is 145 Å². The Hall–Kier alpha value is -2.31. The van der Waals surface area contributed by atoms with Crippen molar-refractivity contribution in [2.75, 3.05) is 0 Å². The van der Waals surface area contributed by atoms with Crippen LogP contribution in [-0.4, -0.2) is 3.21 Å². The largest absolute Gasteiger partial charge is 1.00 e. The fourth-order valence-corrected chi connectivity index (χ4v) is 19.1. The van der Waals surface area contributed by atoms with Gasteiger partial charge in [0.25, 0.3) is 0 Å². The molecule has 0 aliphatic heterocycles. The van der Waals surface area contributed by atoms with Crippen LogP contribution in [0, 0.1) is 23.2 Å². The molecule has 0 spiro atoms. The van der Waals surface area contributed by atoms with Crippen molar-refractivity contribution in [2.45, 2.75) is 104 Å². The van der Waals surface area contributed by atoms with Crippen LogP contribution in [0.25, 0.3) is 11.1 Å². The Labute approximate surface area is 333 Å². The Morgan fingerprint density at radius 2 is 1.17 bits per heavy atom. The van der Waals surface area contributed by atoms with Crippen LogP contribution >= 0.6 is 0 Å². The molecule has 4 aromatic carbocycles. The van der Waals surface area contributed by atoms with Gasteiger partial charge in [-0.25, -0.2) is 0 Å². The van der Waals surface area contributed by atoms with Gasteiger partial charge < -0.3 is 24.8 Å². The molecule has 6 aliphatic rings. The number of allylic oxidation sites excluding steroid dienone is 4. The second-order valence-corrected chi connectivity index (χ2v) is 24.8. The molecule has 0 amide bonds. The second-order valence-electron chi connectivity index (χ2n) is 18.8. The molecule has 0 radical (unpaired) electrons. The van der Waals surface area contributed by atoms with Gasteiger partial charge in [-0.15, -0.1) is 0 Å². The average Bonchev–Trinajstić information content (AvgIpc) is 3.72. The summed E-state index contributed by atoms with van der Waals surface area (Å²) in [7, 11) is 0. The Morgan fingerprint density at radius 1 is 0.635 bits per heavy atom. The quantitative estimate of drug-likeness (QED) is 0.211. The van der Waals surface area contributed by atoms with E-state index in [4.69, 9.17) is 0 Å². The topological polar surface area (TPSA) is 0 Å². The van der Waals surface area contributed by atoms with Crippen LogP contribution in [0.3, 0.4) is 0 Å². The minimum absolute atomic E-state index is 0. The molecule has 0 unspecified atom stereocenters. The Kier molecular flexibility index (Phi) is 10.3. The third-order valence-electron chi connectivity index (χ3n) is 13.2. The number of hydrogen-bond acceptors (Lipinski definition) is 0. The Bertz CT molecular complexity index is 2010. The maximum absolute atomic E-state index is 2.84. The molecule has 4 bridgehead atoms. The minimum Gasteiger partial charge on any atom is -1.00 e. The normalized spacial score (nSPS) is 23.8. The molecule has 0 aromatic heterocycles. The van der Waals surface area contributed by atoms with Crippen LogP contribution in [0.4, 0.5) is 0 Å². The average molecular weight is 805 g/mol. The van der Waals surface area contributed by atoms with Crippen LogP contribution in [0.5, 0.6) is 0 Å². The smallest absolute Gasteiger partial charge is 1.00 e. The van der Waals surface area contributed by atoms with Crippen molar-refractivity contribution in [1.82, 2.24) is 0 Å². The first-order chi connectivity index (χ1) is 23.9. The first kappa shape index (κ1) is 38.0. The fraction of sp³-hybridized carbons (Fsp3) is 0.408. The van der Waals surface area contributed by atoms with Crippen molar-refractivity contribution in [1.29, 1.82) is 0 Å². The molecule has 10 rings (SSSR count). The number of halogens is 2. The monoisotopic (exact) mass is 802 g/mol. The third kappa shape index (κ3) is 6.69. The standard InChI is InChI=1S/C21H25.C15H19.C13H10.2ClH.Zr/c1-20(2,3)16-9-7-14-11-15-8-10-17(21(4,5)6)13-19(15)18(14)12-16;1-2-4-14(3-1)15-8-11-5-12(9-15)7-13(6-11)10-15;1-3-7-12(8-4-1)11-13-9-5-2-6-10-13;;;/h7,9-10,12-13H,11H2,1-6H3;3-4,11-13H,1,5-10H2;1-10H;2*1H;/q;;;;;+2/p-2. The van der Waals surface area contributed by atoms with Gasteiger partial charge in [-0.05, 0) is 0 Å². The summed E-state index contributed by atoms with van der Waals surface area (Å²) in [6.45, 7) is 14.3. The molecule has 0 saturated heterocycles. The Balaban J connectivity index is 0.00000210. The number of fused-ring (bicyclic) bond motifs is 3. The molecule has 4 saturated carbocycles. The van der Waals surface area contributed by atoms with Crippen molar-refractivity contribution in [3.63, 3.8) is 0 Å². The minimum atomic E-state index is -2.83. The third-order valence-corrected chi connectivity index (χ3v) is 20.7. The van der Waals surface area contributed by atoms with E-state index in [0.717, 1.165) is 30.6 Å². The van der Waals surface area contributed by atoms with Crippen LogP contribution in [0.15, 0.2) is 112 Å². The van der Waals surface area contributed by atoms with Gasteiger partial charge in [0.05, 0.1) is 0 Å². The molecule has 4 aromatic rings. The summed E-state index contributed by atoms with van der Waals surface area (Å²) in [6.07, 6.45) is 16.6. The molecule has 268 valence electrons. The van der Waals surface area contributed by atoms with Gasteiger partial charge >= 0.3 is 311 Å². The zero-order valence-electron chi connectivity index (χ0n) is 32.0. The summed E-state index contributed by atoms with van der Waals surface area (Å²) in [5.41, 5.74) is 14.3. The Morgan fingerprint density at radius 3 is 1.71 bits per heavy atom. The summed E-state index contributed by atoms with van der Waals surface area (Å²) in [5, 5.41) is 0. The van der Waals surface area contributed by atoms with Gasteiger partial charge in [0.1, 0.15) is 0 Å². The van der Waals surface area contributed by atoms with E-state index in [-0.39, 0.29) is 35.6 Å². The maximum atomic E-state index is 2.84. The van der Waals surface area contributed by atoms with E-state index in [1.165, 1.54) is 77.5 Å². The molecule has 6 aliphatic carbocycles. The van der Waals surface area contributed by atoms with Crippen molar-refractivity contribution in [2.24, 2.45) is 23.2 Å². The molecular weight excluding hydrogens is 751 g/mol. The predicted molar refractivity (Wildman–Crippen MR) is 209 cm³/mol. The summed E-state index contributed by atoms with van der Waals surface area (Å²) >= 11 is -2.83. The van der Waals surface area contributed by atoms with Gasteiger partial charge in [-0.1, -0.05) is 0 Å². The fourth-order valence-electron chi connectivity index (χ4n) is 11.1. The molecule has 52 heavy (non-hydrogen) atoms. The zero-order chi connectivity index (χ0) is 34.4. The van der Waals surface area contributed by atoms with Crippen LogP contribution < -0.4 is 28.1 Å². The van der Waals surface area contributed by atoms with Crippen molar-refractivity contribution in [3.8, 4) is 11.1 Å². The molecular formula is C49H54Cl2Zr. The van der Waals surface area contributed by atoms with E-state index >= 15 is 0 Å². The summed E-state index contributed by atoms with van der Waals surface area (Å²) in [5.74, 6) is 2.91. The first-order valence-corrected chi connectivity index (χ1v) is 23.2. The van der Waals surface area contributed by atoms with Crippen LogP contribution in [-0.2, 0) is 38.5 Å². The predicted octanol–water partition coefficient (Wildman–Crippen LogP) is 5.80. The van der Waals surface area contributed by atoms with Crippen LogP contribution in [0.1, 0.15) is 120 Å². The first-order valence-electron chi connectivity index (χ1n) is 19.5. The zero-order valence-corrected chi connectivity index (χ0v) is 35.9. The van der Waals surface area contributed by atoms with Crippen LogP contribution in [0.2, 0.25) is 0 Å². The van der Waals surface area contributed by atoms with Crippen molar-refractivity contribution in [3.05, 3.63) is 145 Å². The molecule has 4 fully saturated rings. The van der Waals surface area contributed by atoms with E-state index in [1.54, 1.807) is 20.9 Å². The molecule has 0 atom stereocenters. The van der Waals surface area contributed by atoms with Gasteiger partial charge in [-0.2, -0.15) is 0 Å². The van der Waals surface area contributed by atoms with E-state index < -0.39 is 21.3 Å². The number of rotatable bonds is 5. The van der Waals surface area contributed by atoms with E-state index in [1.807, 2.05) is 0 Å². The van der Waals surface area contributed by atoms with Gasteiger partial charge in [0, 0.05) is 0 Å². The van der Waals surface area contributed by atoms with Gasteiger partial charge in [-0.3, -0.25) is 0 Å². The number of benzene rings is 4. The summed E-state index contributed by atoms with van der Waals surface area (Å²) in [6, 6.07) is 35.8. The molecule has 0 N–H and O–H groups in total. The maximum Gasteiger partial charge on any atom is -1.00 e. The molecule has 0 heterocycles. The van der Waals surface area contributed by atoms with Gasteiger partial charge in [0.2, 0.25) is 0 Å².